The highest BCUT2D eigenvalue weighted by Gasteiger charge is 2.34. The van der Waals surface area contributed by atoms with Gasteiger partial charge in [-0.25, -0.2) is 0 Å². The zero-order valence-electron chi connectivity index (χ0n) is 13.0. The Morgan fingerprint density at radius 1 is 1.26 bits per heavy atom. The summed E-state index contributed by atoms with van der Waals surface area (Å²) in [6.45, 7) is 8.63. The molecule has 1 fully saturated rings. The maximum absolute atomic E-state index is 4.28. The van der Waals surface area contributed by atoms with Gasteiger partial charge in [0.25, 0.3) is 0 Å². The van der Waals surface area contributed by atoms with Crippen LogP contribution in [0.15, 0.2) is 4.99 Å². The van der Waals surface area contributed by atoms with Crippen LogP contribution in [0.25, 0.3) is 0 Å². The molecule has 0 amide bonds. The number of hydrogen-bond donors (Lipinski definition) is 2. The average Bonchev–Trinajstić information content (AvgIpc) is 2.35. The Labute approximate surface area is 135 Å². The zero-order valence-corrected chi connectivity index (χ0v) is 15.3. The van der Waals surface area contributed by atoms with Crippen LogP contribution >= 0.6 is 24.0 Å². The summed E-state index contributed by atoms with van der Waals surface area (Å²) in [4.78, 5) is 6.57. The lowest BCUT2D eigenvalue weighted by molar-refractivity contribution is 0.131. The molecule has 1 saturated carbocycles. The van der Waals surface area contributed by atoms with E-state index in [0.717, 1.165) is 32.1 Å². The first-order valence-electron chi connectivity index (χ1n) is 7.29. The van der Waals surface area contributed by atoms with Crippen molar-refractivity contribution in [1.82, 2.24) is 15.5 Å². The van der Waals surface area contributed by atoms with E-state index in [1.807, 2.05) is 7.05 Å². The van der Waals surface area contributed by atoms with E-state index >= 15 is 0 Å². The molecule has 114 valence electrons. The van der Waals surface area contributed by atoms with E-state index in [0.29, 0.717) is 5.41 Å². The topological polar surface area (TPSA) is 39.7 Å². The van der Waals surface area contributed by atoms with Crippen LogP contribution in [0.3, 0.4) is 0 Å². The molecule has 0 aliphatic heterocycles. The van der Waals surface area contributed by atoms with Crippen molar-refractivity contribution in [3.8, 4) is 0 Å². The lowest BCUT2D eigenvalue weighted by Gasteiger charge is -2.41. The smallest absolute Gasteiger partial charge is 0.191 e. The number of guanidine groups is 1. The van der Waals surface area contributed by atoms with Gasteiger partial charge in [-0.15, -0.1) is 24.0 Å². The molecule has 1 aliphatic carbocycles. The van der Waals surface area contributed by atoms with Crippen LogP contribution in [0.4, 0.5) is 0 Å². The quantitative estimate of drug-likeness (QED) is 0.403. The molecule has 5 heteroatoms. The third-order valence-corrected chi connectivity index (χ3v) is 4.34. The second-order valence-corrected chi connectivity index (χ2v) is 5.46. The first-order valence-corrected chi connectivity index (χ1v) is 7.29. The van der Waals surface area contributed by atoms with Gasteiger partial charge in [-0.2, -0.15) is 0 Å². The highest BCUT2D eigenvalue weighted by molar-refractivity contribution is 14.0. The summed E-state index contributed by atoms with van der Waals surface area (Å²) in [5.74, 6) is 0.944. The standard InChI is InChI=1S/C14H30N4.HI/c1-5-14(8-7-9-14)12-17-13(15-3)16-10-11-18(4)6-2;/h5-12H2,1-4H3,(H2,15,16,17);1H. The number of halogens is 1. The number of rotatable bonds is 7. The Kier molecular flexibility index (Phi) is 9.78. The van der Waals surface area contributed by atoms with Crippen LogP contribution in [0.5, 0.6) is 0 Å². The minimum atomic E-state index is 0. The molecule has 1 rings (SSSR count). The molecule has 19 heavy (non-hydrogen) atoms. The van der Waals surface area contributed by atoms with Crippen molar-refractivity contribution in [3.05, 3.63) is 0 Å². The van der Waals surface area contributed by atoms with Gasteiger partial charge in [-0.1, -0.05) is 20.3 Å². The number of nitrogens with zero attached hydrogens (tertiary/aromatic N) is 2. The fraction of sp³-hybridized carbons (Fsp3) is 0.929. The van der Waals surface area contributed by atoms with Crippen molar-refractivity contribution in [3.63, 3.8) is 0 Å². The van der Waals surface area contributed by atoms with Crippen molar-refractivity contribution in [2.45, 2.75) is 39.5 Å². The molecule has 1 aliphatic rings. The molecule has 0 aromatic carbocycles. The van der Waals surface area contributed by atoms with Crippen molar-refractivity contribution in [2.24, 2.45) is 10.4 Å². The SMILES string of the molecule is CCN(C)CCNC(=NC)NCC1(CC)CCC1.I. The second kappa shape index (κ2) is 9.80. The van der Waals surface area contributed by atoms with Crippen molar-refractivity contribution < 1.29 is 0 Å². The van der Waals surface area contributed by atoms with Crippen LogP contribution in [-0.2, 0) is 0 Å². The van der Waals surface area contributed by atoms with Crippen LogP contribution in [0.2, 0.25) is 0 Å². The van der Waals surface area contributed by atoms with E-state index in [4.69, 9.17) is 0 Å². The Morgan fingerprint density at radius 3 is 2.37 bits per heavy atom. The van der Waals surface area contributed by atoms with E-state index in [2.05, 4.69) is 41.4 Å². The van der Waals surface area contributed by atoms with Gasteiger partial charge in [0.15, 0.2) is 5.96 Å². The first kappa shape index (κ1) is 19.0. The first-order chi connectivity index (χ1) is 8.65. The van der Waals surface area contributed by atoms with Crippen molar-refractivity contribution in [2.75, 3.05) is 40.3 Å². The molecule has 0 bridgehead atoms. The van der Waals surface area contributed by atoms with Crippen molar-refractivity contribution in [1.29, 1.82) is 0 Å². The molecule has 0 aromatic heterocycles. The van der Waals surface area contributed by atoms with Gasteiger partial charge in [-0.3, -0.25) is 4.99 Å². The minimum absolute atomic E-state index is 0. The molecule has 0 heterocycles. The molecular formula is C14H31IN4. The van der Waals surface area contributed by atoms with Crippen LogP contribution in [0, 0.1) is 5.41 Å². The Hall–Kier alpha value is -0.0400. The number of hydrogen-bond acceptors (Lipinski definition) is 2. The van der Waals surface area contributed by atoms with E-state index in [-0.39, 0.29) is 24.0 Å². The monoisotopic (exact) mass is 382 g/mol. The highest BCUT2D eigenvalue weighted by atomic mass is 127. The lowest BCUT2D eigenvalue weighted by atomic mass is 9.67. The van der Waals surface area contributed by atoms with Gasteiger partial charge in [0.2, 0.25) is 0 Å². The van der Waals surface area contributed by atoms with Gasteiger partial charge in [0, 0.05) is 26.7 Å². The Bertz CT molecular complexity index is 259. The maximum atomic E-state index is 4.28. The molecule has 2 N–H and O–H groups in total. The van der Waals surface area contributed by atoms with Crippen LogP contribution < -0.4 is 10.6 Å². The minimum Gasteiger partial charge on any atom is -0.356 e. The van der Waals surface area contributed by atoms with Gasteiger partial charge in [-0.05, 0) is 38.3 Å². The number of aliphatic imine (C=N–C) groups is 1. The van der Waals surface area contributed by atoms with Gasteiger partial charge in [0.1, 0.15) is 0 Å². The predicted octanol–water partition coefficient (Wildman–Crippen LogP) is 2.30. The molecule has 0 saturated heterocycles. The Morgan fingerprint density at radius 2 is 1.95 bits per heavy atom. The van der Waals surface area contributed by atoms with Crippen molar-refractivity contribution >= 4 is 29.9 Å². The molecule has 0 radical (unpaired) electrons. The third kappa shape index (κ3) is 6.29. The predicted molar refractivity (Wildman–Crippen MR) is 94.5 cm³/mol. The van der Waals surface area contributed by atoms with E-state index in [1.54, 1.807) is 0 Å². The fourth-order valence-corrected chi connectivity index (χ4v) is 2.35. The largest absolute Gasteiger partial charge is 0.356 e. The van der Waals surface area contributed by atoms with Gasteiger partial charge in [0.05, 0.1) is 0 Å². The summed E-state index contributed by atoms with van der Waals surface area (Å²) >= 11 is 0. The molecule has 0 aromatic rings. The Balaban J connectivity index is 0.00000324. The summed E-state index contributed by atoms with van der Waals surface area (Å²) < 4.78 is 0. The molecular weight excluding hydrogens is 351 g/mol. The van der Waals surface area contributed by atoms with Gasteiger partial charge >= 0.3 is 0 Å². The van der Waals surface area contributed by atoms with Gasteiger partial charge < -0.3 is 15.5 Å². The molecule has 0 spiro atoms. The number of likely N-dealkylation sites (N-methyl/N-ethyl adjacent to an activating group) is 1. The second-order valence-electron chi connectivity index (χ2n) is 5.46. The summed E-state index contributed by atoms with van der Waals surface area (Å²) in [5.41, 5.74) is 0.540. The highest BCUT2D eigenvalue weighted by Crippen LogP contribution is 2.42. The molecule has 0 atom stereocenters. The summed E-state index contributed by atoms with van der Waals surface area (Å²) in [6.07, 6.45) is 5.40. The summed E-state index contributed by atoms with van der Waals surface area (Å²) in [7, 11) is 3.98. The molecule has 0 unspecified atom stereocenters. The maximum Gasteiger partial charge on any atom is 0.191 e. The fourth-order valence-electron chi connectivity index (χ4n) is 2.35. The summed E-state index contributed by atoms with van der Waals surface area (Å²) in [5, 5.41) is 6.85. The lowest BCUT2D eigenvalue weighted by Crippen LogP contribution is -2.47. The van der Waals surface area contributed by atoms with E-state index in [9.17, 15) is 0 Å². The summed E-state index contributed by atoms with van der Waals surface area (Å²) in [6, 6.07) is 0. The van der Waals surface area contributed by atoms with E-state index in [1.165, 1.54) is 25.7 Å². The average molecular weight is 382 g/mol. The van der Waals surface area contributed by atoms with Crippen LogP contribution in [0.1, 0.15) is 39.5 Å². The third-order valence-electron chi connectivity index (χ3n) is 4.34. The normalized spacial score (nSPS) is 17.6. The van der Waals surface area contributed by atoms with Crippen LogP contribution in [-0.4, -0.2) is 51.1 Å². The molecule has 4 nitrogen and oxygen atoms in total. The number of nitrogens with one attached hydrogen (secondary N) is 2. The zero-order chi connectivity index (χ0) is 13.4. The van der Waals surface area contributed by atoms with E-state index < -0.39 is 0 Å².